The van der Waals surface area contributed by atoms with E-state index in [0.717, 1.165) is 61.4 Å². The van der Waals surface area contributed by atoms with Crippen LogP contribution in [0.2, 0.25) is 0 Å². The summed E-state index contributed by atoms with van der Waals surface area (Å²) in [5, 5.41) is 14.8. The van der Waals surface area contributed by atoms with Crippen LogP contribution in [-0.2, 0) is 11.3 Å². The van der Waals surface area contributed by atoms with Gasteiger partial charge in [-0.15, -0.1) is 0 Å². The molecule has 0 unspecified atom stereocenters. The third-order valence-corrected chi connectivity index (χ3v) is 9.92. The maximum Gasteiger partial charge on any atom is 0.165 e. The highest BCUT2D eigenvalue weighted by molar-refractivity contribution is 6.06. The van der Waals surface area contributed by atoms with Gasteiger partial charge < -0.3 is 5.11 Å². The molecule has 4 fully saturated rings. The first kappa shape index (κ1) is 20.5. The van der Waals surface area contributed by atoms with E-state index in [1.165, 1.54) is 19.3 Å². The molecule has 0 bridgehead atoms. The molecule has 1 aromatic heterocycles. The summed E-state index contributed by atoms with van der Waals surface area (Å²) in [7, 11) is 0. The summed E-state index contributed by atoms with van der Waals surface area (Å²) in [6, 6.07) is 0. The molecule has 4 saturated carbocycles. The Bertz CT molecular complexity index is 886. The predicted molar refractivity (Wildman–Crippen MR) is 119 cm³/mol. The van der Waals surface area contributed by atoms with E-state index in [-0.39, 0.29) is 11.5 Å². The van der Waals surface area contributed by atoms with Gasteiger partial charge in [-0.05, 0) is 106 Å². The van der Waals surface area contributed by atoms with Gasteiger partial charge in [-0.25, -0.2) is 0 Å². The lowest BCUT2D eigenvalue weighted by Gasteiger charge is -2.59. The molecule has 0 amide bonds. The molecule has 0 spiro atoms. The van der Waals surface area contributed by atoms with Gasteiger partial charge in [0.05, 0.1) is 11.8 Å². The number of hydrogen-bond donors (Lipinski definition) is 1. The number of aryl methyl sites for hydroxylation is 2. The van der Waals surface area contributed by atoms with Crippen LogP contribution in [0.25, 0.3) is 6.08 Å². The monoisotopic (exact) mass is 410 g/mol. The molecule has 1 heterocycles. The molecular formula is C26H38N2O2. The fourth-order valence-corrected chi connectivity index (χ4v) is 8.06. The molecule has 1 N–H and O–H groups in total. The number of fused-ring (bicyclic) bond motifs is 5. The van der Waals surface area contributed by atoms with E-state index >= 15 is 0 Å². The summed E-state index contributed by atoms with van der Waals surface area (Å²) in [5.74, 6) is 2.94. The lowest BCUT2D eigenvalue weighted by molar-refractivity contribution is -0.141. The van der Waals surface area contributed by atoms with Crippen molar-refractivity contribution >= 4 is 11.9 Å². The van der Waals surface area contributed by atoms with Crippen LogP contribution in [0, 0.1) is 41.4 Å². The van der Waals surface area contributed by atoms with Gasteiger partial charge in [0.2, 0.25) is 0 Å². The SMILES string of the molecule is CCn1cc(/C=C2/C[C@@H]3[C@H]4CC[C@H]5C[C@H](O)CC[C@]5(C)[C@@H]4CC[C@@]3(C)C2=O)c(C)n1. The lowest BCUT2D eigenvalue weighted by Crippen LogP contribution is -2.54. The van der Waals surface area contributed by atoms with E-state index in [0.29, 0.717) is 29.0 Å². The molecule has 7 atom stereocenters. The second-order valence-corrected chi connectivity index (χ2v) is 11.3. The van der Waals surface area contributed by atoms with Crippen LogP contribution >= 0.6 is 0 Å². The Balaban J connectivity index is 1.45. The maximum absolute atomic E-state index is 13.6. The van der Waals surface area contributed by atoms with Crippen LogP contribution in [0.1, 0.15) is 83.4 Å². The topological polar surface area (TPSA) is 55.1 Å². The van der Waals surface area contributed by atoms with Crippen molar-refractivity contribution in [2.75, 3.05) is 0 Å². The summed E-state index contributed by atoms with van der Waals surface area (Å²) >= 11 is 0. The van der Waals surface area contributed by atoms with Crippen LogP contribution in [0.5, 0.6) is 0 Å². The zero-order valence-electron chi connectivity index (χ0n) is 19.2. The Morgan fingerprint density at radius 2 is 2.00 bits per heavy atom. The summed E-state index contributed by atoms with van der Waals surface area (Å²) in [6.07, 6.45) is 12.9. The predicted octanol–water partition coefficient (Wildman–Crippen LogP) is 5.18. The van der Waals surface area contributed by atoms with Gasteiger partial charge in [-0.1, -0.05) is 13.8 Å². The molecule has 30 heavy (non-hydrogen) atoms. The van der Waals surface area contributed by atoms with Crippen molar-refractivity contribution in [1.82, 2.24) is 9.78 Å². The number of ketones is 1. The van der Waals surface area contributed by atoms with E-state index in [2.05, 4.69) is 38.1 Å². The number of Topliss-reactive ketones (excluding diaryl/α,β-unsaturated/α-hetero) is 1. The van der Waals surface area contributed by atoms with Crippen molar-refractivity contribution in [3.63, 3.8) is 0 Å². The summed E-state index contributed by atoms with van der Waals surface area (Å²) in [5.41, 5.74) is 3.34. The number of aromatic nitrogens is 2. The molecule has 4 nitrogen and oxygen atoms in total. The zero-order chi connectivity index (χ0) is 21.3. The fraction of sp³-hybridized carbons (Fsp3) is 0.769. The molecule has 0 aromatic carbocycles. The Kier molecular flexibility index (Phi) is 4.81. The van der Waals surface area contributed by atoms with Crippen molar-refractivity contribution < 1.29 is 9.90 Å². The largest absolute Gasteiger partial charge is 0.393 e. The highest BCUT2D eigenvalue weighted by Crippen LogP contribution is 2.66. The van der Waals surface area contributed by atoms with E-state index in [1.807, 2.05) is 11.6 Å². The van der Waals surface area contributed by atoms with Gasteiger partial charge in [0.15, 0.2) is 5.78 Å². The number of nitrogens with zero attached hydrogens (tertiary/aromatic N) is 2. The molecule has 0 radical (unpaired) electrons. The second-order valence-electron chi connectivity index (χ2n) is 11.3. The molecule has 0 saturated heterocycles. The van der Waals surface area contributed by atoms with Gasteiger partial charge in [0, 0.05) is 23.7 Å². The molecule has 0 aliphatic heterocycles. The zero-order valence-corrected chi connectivity index (χ0v) is 19.2. The first-order valence-corrected chi connectivity index (χ1v) is 12.2. The molecule has 1 aromatic rings. The lowest BCUT2D eigenvalue weighted by atomic mass is 9.45. The highest BCUT2D eigenvalue weighted by Gasteiger charge is 2.61. The van der Waals surface area contributed by atoms with Gasteiger partial charge in [-0.2, -0.15) is 5.10 Å². The average Bonchev–Trinajstić information content (AvgIpc) is 3.20. The minimum absolute atomic E-state index is 0.0941. The molecule has 4 heteroatoms. The number of allylic oxidation sites excluding steroid dienone is 1. The van der Waals surface area contributed by atoms with E-state index in [4.69, 9.17) is 0 Å². The maximum atomic E-state index is 13.6. The Morgan fingerprint density at radius 3 is 2.73 bits per heavy atom. The van der Waals surface area contributed by atoms with Gasteiger partial charge >= 0.3 is 0 Å². The summed E-state index contributed by atoms with van der Waals surface area (Å²) < 4.78 is 1.96. The normalized spacial score (nSPS) is 44.6. The smallest absolute Gasteiger partial charge is 0.165 e. The number of rotatable bonds is 2. The Morgan fingerprint density at radius 1 is 1.20 bits per heavy atom. The minimum Gasteiger partial charge on any atom is -0.393 e. The van der Waals surface area contributed by atoms with Gasteiger partial charge in [0.25, 0.3) is 0 Å². The number of carbonyl (C=O) groups excluding carboxylic acids is 1. The van der Waals surface area contributed by atoms with E-state index < -0.39 is 0 Å². The van der Waals surface area contributed by atoms with Crippen molar-refractivity contribution in [2.24, 2.45) is 34.5 Å². The van der Waals surface area contributed by atoms with Crippen molar-refractivity contribution in [3.05, 3.63) is 23.0 Å². The molecule has 5 rings (SSSR count). The van der Waals surface area contributed by atoms with Crippen LogP contribution in [-0.4, -0.2) is 26.8 Å². The number of carbonyl (C=O) groups is 1. The third-order valence-electron chi connectivity index (χ3n) is 9.92. The molecular weight excluding hydrogens is 372 g/mol. The highest BCUT2D eigenvalue weighted by atomic mass is 16.3. The second kappa shape index (κ2) is 7.05. The van der Waals surface area contributed by atoms with Crippen LogP contribution < -0.4 is 0 Å². The number of aliphatic hydroxyl groups excluding tert-OH is 1. The number of aliphatic hydroxyl groups is 1. The Labute approximate surface area is 181 Å². The Hall–Kier alpha value is -1.42. The average molecular weight is 411 g/mol. The first-order chi connectivity index (χ1) is 14.3. The molecule has 4 aliphatic carbocycles. The van der Waals surface area contributed by atoms with Crippen molar-refractivity contribution in [3.8, 4) is 0 Å². The van der Waals surface area contributed by atoms with Crippen LogP contribution in [0.4, 0.5) is 0 Å². The summed E-state index contributed by atoms with van der Waals surface area (Å²) in [6.45, 7) is 9.78. The van der Waals surface area contributed by atoms with Crippen molar-refractivity contribution in [2.45, 2.75) is 91.7 Å². The van der Waals surface area contributed by atoms with Crippen LogP contribution in [0.15, 0.2) is 11.8 Å². The van der Waals surface area contributed by atoms with Crippen LogP contribution in [0.3, 0.4) is 0 Å². The minimum atomic E-state index is -0.182. The fourth-order valence-electron chi connectivity index (χ4n) is 8.06. The third kappa shape index (κ3) is 2.89. The van der Waals surface area contributed by atoms with E-state index in [9.17, 15) is 9.90 Å². The van der Waals surface area contributed by atoms with Gasteiger partial charge in [0.1, 0.15) is 0 Å². The quantitative estimate of drug-likeness (QED) is 0.684. The first-order valence-electron chi connectivity index (χ1n) is 12.2. The van der Waals surface area contributed by atoms with E-state index in [1.54, 1.807) is 0 Å². The molecule has 164 valence electrons. The summed E-state index contributed by atoms with van der Waals surface area (Å²) in [4.78, 5) is 13.6. The number of hydrogen-bond acceptors (Lipinski definition) is 3. The van der Waals surface area contributed by atoms with Crippen molar-refractivity contribution in [1.29, 1.82) is 0 Å². The standard InChI is InChI=1S/C26H38N2O2/c1-5-28-15-18(16(2)27-28)12-17-13-23-21-7-6-19-14-20(29)8-10-25(19,3)22(21)9-11-26(23,4)24(17)30/h12,15,19-23,29H,5-11,13-14H2,1-4H3/b17-12-/t19-,20+,21-,22+,23+,25-,26+/m0/s1. The molecule has 4 aliphatic rings. The van der Waals surface area contributed by atoms with Gasteiger partial charge in [-0.3, -0.25) is 9.48 Å².